The summed E-state index contributed by atoms with van der Waals surface area (Å²) in [4.78, 5) is 30.6. The van der Waals surface area contributed by atoms with Gasteiger partial charge < -0.3 is 9.64 Å². The first-order valence-corrected chi connectivity index (χ1v) is 10.6. The van der Waals surface area contributed by atoms with E-state index >= 15 is 0 Å². The topological polar surface area (TPSA) is 117 Å². The predicted octanol–water partition coefficient (Wildman–Crippen LogP) is 1.71. The van der Waals surface area contributed by atoms with Crippen molar-refractivity contribution in [1.82, 2.24) is 9.37 Å². The number of carbonyl (C=O) groups is 2. The van der Waals surface area contributed by atoms with Crippen LogP contribution in [-0.4, -0.2) is 63.0 Å². The number of nitrogens with zero attached hydrogens (tertiary/aromatic N) is 3. The van der Waals surface area contributed by atoms with Gasteiger partial charge in [-0.1, -0.05) is 23.7 Å². The fourth-order valence-corrected chi connectivity index (χ4v) is 4.19. The third-order valence-electron chi connectivity index (χ3n) is 5.22. The maximum atomic E-state index is 12.4. The second-order valence-corrected chi connectivity index (χ2v) is 8.79. The largest absolute Gasteiger partial charge is 0.452 e. The minimum absolute atomic E-state index is 0.0533. The van der Waals surface area contributed by atoms with E-state index < -0.39 is 34.0 Å². The first-order chi connectivity index (χ1) is 13.7. The van der Waals surface area contributed by atoms with E-state index in [1.165, 1.54) is 43.3 Å². The van der Waals surface area contributed by atoms with Gasteiger partial charge in [0.1, 0.15) is 5.54 Å². The van der Waals surface area contributed by atoms with Crippen LogP contribution in [0.15, 0.2) is 29.2 Å². The quantitative estimate of drug-likeness (QED) is 0.484. The number of hydroxylamine groups is 1. The molecule has 0 unspecified atom stereocenters. The molecule has 0 atom stereocenters. The molecular weight excluding hydrogens is 398 g/mol. The van der Waals surface area contributed by atoms with Crippen molar-refractivity contribution in [3.8, 4) is 6.07 Å². The molecule has 1 aliphatic rings. The van der Waals surface area contributed by atoms with E-state index in [4.69, 9.17) is 9.57 Å². The third kappa shape index (κ3) is 4.93. The van der Waals surface area contributed by atoms with Gasteiger partial charge in [0.2, 0.25) is 0 Å². The Balaban J connectivity index is 2.00. The normalized spacial score (nSPS) is 16.1. The van der Waals surface area contributed by atoms with Crippen molar-refractivity contribution in [3.63, 3.8) is 0 Å². The fraction of sp³-hybridized carbons (Fsp3) is 0.526. The molecule has 0 heterocycles. The van der Waals surface area contributed by atoms with Gasteiger partial charge in [0.05, 0.1) is 23.6 Å². The van der Waals surface area contributed by atoms with Crippen molar-refractivity contribution < 1.29 is 27.6 Å². The van der Waals surface area contributed by atoms with E-state index in [1.54, 1.807) is 7.05 Å². The molecule has 0 radical (unpaired) electrons. The maximum Gasteiger partial charge on any atom is 0.338 e. The summed E-state index contributed by atoms with van der Waals surface area (Å²) >= 11 is 0. The average molecular weight is 423 g/mol. The molecule has 1 aromatic rings. The van der Waals surface area contributed by atoms with E-state index in [9.17, 15) is 23.3 Å². The van der Waals surface area contributed by atoms with Gasteiger partial charge in [-0.15, -0.1) is 0 Å². The predicted molar refractivity (Wildman–Crippen MR) is 103 cm³/mol. The van der Waals surface area contributed by atoms with Gasteiger partial charge in [-0.3, -0.25) is 9.63 Å². The Morgan fingerprint density at radius 2 is 1.72 bits per heavy atom. The summed E-state index contributed by atoms with van der Waals surface area (Å²) in [6.45, 7) is -0.495. The summed E-state index contributed by atoms with van der Waals surface area (Å²) in [5, 5.41) is 9.55. The number of nitriles is 1. The molecule has 1 amide bonds. The Bertz CT molecular complexity index is 886. The van der Waals surface area contributed by atoms with Gasteiger partial charge in [-0.2, -0.15) is 5.26 Å². The summed E-state index contributed by atoms with van der Waals surface area (Å²) in [6.07, 6.45) is 3.99. The molecule has 10 heteroatoms. The molecule has 9 nitrogen and oxygen atoms in total. The Morgan fingerprint density at radius 3 is 2.24 bits per heavy atom. The van der Waals surface area contributed by atoms with E-state index in [0.717, 1.165) is 19.3 Å². The molecule has 1 saturated carbocycles. The molecular formula is C19H25N3O6S. The summed E-state index contributed by atoms with van der Waals surface area (Å²) in [6, 6.07) is 7.34. The lowest BCUT2D eigenvalue weighted by atomic mass is 9.81. The standard InChI is InChI=1S/C19H25N3O6S/c1-21(19(14-20)11-5-4-6-12-19)17(23)13-28-18(24)15-7-9-16(10-8-15)29(25,26)22(2)27-3/h7-10H,4-6,11-13H2,1-3H3. The van der Waals surface area contributed by atoms with Gasteiger partial charge in [-0.25, -0.2) is 13.2 Å². The monoisotopic (exact) mass is 423 g/mol. The van der Waals surface area contributed by atoms with Crippen LogP contribution in [0.3, 0.4) is 0 Å². The summed E-state index contributed by atoms with van der Waals surface area (Å²) in [7, 11) is 0.202. The van der Waals surface area contributed by atoms with Gasteiger partial charge >= 0.3 is 5.97 Å². The van der Waals surface area contributed by atoms with Crippen LogP contribution in [0.2, 0.25) is 0 Å². The van der Waals surface area contributed by atoms with Crippen molar-refractivity contribution in [3.05, 3.63) is 29.8 Å². The molecule has 0 aliphatic heterocycles. The van der Waals surface area contributed by atoms with Gasteiger partial charge in [0, 0.05) is 14.1 Å². The molecule has 1 fully saturated rings. The minimum Gasteiger partial charge on any atom is -0.452 e. The van der Waals surface area contributed by atoms with Crippen LogP contribution in [-0.2, 0) is 24.4 Å². The highest BCUT2D eigenvalue weighted by molar-refractivity contribution is 7.89. The lowest BCUT2D eigenvalue weighted by Crippen LogP contribution is -2.51. The zero-order chi connectivity index (χ0) is 21.7. The average Bonchev–Trinajstić information content (AvgIpc) is 2.76. The first kappa shape index (κ1) is 22.8. The molecule has 0 N–H and O–H groups in total. The smallest absolute Gasteiger partial charge is 0.338 e. The van der Waals surface area contributed by atoms with Crippen LogP contribution < -0.4 is 0 Å². The Morgan fingerprint density at radius 1 is 1.14 bits per heavy atom. The van der Waals surface area contributed by atoms with Crippen molar-refractivity contribution in [2.24, 2.45) is 0 Å². The number of sulfonamides is 1. The van der Waals surface area contributed by atoms with Crippen LogP contribution in [0.1, 0.15) is 42.5 Å². The van der Waals surface area contributed by atoms with E-state index in [2.05, 4.69) is 6.07 Å². The highest BCUT2D eigenvalue weighted by Crippen LogP contribution is 2.32. The number of ether oxygens (including phenoxy) is 1. The van der Waals surface area contributed by atoms with Gasteiger partial charge in [0.25, 0.3) is 15.9 Å². The minimum atomic E-state index is -3.82. The van der Waals surface area contributed by atoms with Gasteiger partial charge in [0.15, 0.2) is 6.61 Å². The first-order valence-electron chi connectivity index (χ1n) is 9.16. The zero-order valence-corrected chi connectivity index (χ0v) is 17.6. The number of amides is 1. The number of rotatable bonds is 7. The molecule has 158 valence electrons. The van der Waals surface area contributed by atoms with Crippen LogP contribution in [0, 0.1) is 11.3 Å². The Hall–Kier alpha value is -2.48. The van der Waals surface area contributed by atoms with Crippen molar-refractivity contribution >= 4 is 21.9 Å². The number of hydrogen-bond acceptors (Lipinski definition) is 7. The van der Waals surface area contributed by atoms with E-state index in [0.29, 0.717) is 17.3 Å². The highest BCUT2D eigenvalue weighted by atomic mass is 32.2. The summed E-state index contributed by atoms with van der Waals surface area (Å²) in [5.74, 6) is -1.21. The van der Waals surface area contributed by atoms with E-state index in [-0.39, 0.29) is 10.5 Å². The molecule has 1 aromatic carbocycles. The maximum absolute atomic E-state index is 12.4. The van der Waals surface area contributed by atoms with Crippen molar-refractivity contribution in [1.29, 1.82) is 5.26 Å². The number of likely N-dealkylation sites (N-methyl/N-ethyl adjacent to an activating group) is 1. The fourth-order valence-electron chi connectivity index (χ4n) is 3.21. The Kier molecular flexibility index (Phi) is 7.35. The van der Waals surface area contributed by atoms with Crippen molar-refractivity contribution in [2.45, 2.75) is 42.5 Å². The van der Waals surface area contributed by atoms with Crippen LogP contribution in [0.25, 0.3) is 0 Å². The summed E-state index contributed by atoms with van der Waals surface area (Å²) < 4.78 is 30.1. The van der Waals surface area contributed by atoms with Crippen molar-refractivity contribution in [2.75, 3.05) is 27.8 Å². The zero-order valence-electron chi connectivity index (χ0n) is 16.8. The molecule has 2 rings (SSSR count). The second-order valence-electron chi connectivity index (χ2n) is 6.85. The lowest BCUT2D eigenvalue weighted by Gasteiger charge is -2.38. The van der Waals surface area contributed by atoms with Gasteiger partial charge in [-0.05, 0) is 37.1 Å². The number of benzene rings is 1. The molecule has 1 aliphatic carbocycles. The van der Waals surface area contributed by atoms with Crippen LogP contribution >= 0.6 is 0 Å². The number of carbonyl (C=O) groups excluding carboxylic acids is 2. The molecule has 29 heavy (non-hydrogen) atoms. The van der Waals surface area contributed by atoms with Crippen LogP contribution in [0.5, 0.6) is 0 Å². The number of hydrogen-bond donors (Lipinski definition) is 0. The SMILES string of the molecule is CON(C)S(=O)(=O)c1ccc(C(=O)OCC(=O)N(C)C2(C#N)CCCCC2)cc1. The summed E-state index contributed by atoms with van der Waals surface area (Å²) in [5.41, 5.74) is -0.752. The van der Waals surface area contributed by atoms with Crippen LogP contribution in [0.4, 0.5) is 0 Å². The molecule has 0 aromatic heterocycles. The number of esters is 1. The molecule has 0 spiro atoms. The third-order valence-corrected chi connectivity index (χ3v) is 6.91. The van der Waals surface area contributed by atoms with E-state index in [1.807, 2.05) is 0 Å². The molecule has 0 bridgehead atoms. The Labute approximate surface area is 170 Å². The lowest BCUT2D eigenvalue weighted by molar-refractivity contribution is -0.138. The highest BCUT2D eigenvalue weighted by Gasteiger charge is 2.39. The molecule has 0 saturated heterocycles. The second kappa shape index (κ2) is 9.35.